The number of phenolic OH excluding ortho intramolecular Hbond substituents is 1. The van der Waals surface area contributed by atoms with Crippen LogP contribution in [0.25, 0.3) is 0 Å². The lowest BCUT2D eigenvalue weighted by atomic mass is 10.1. The van der Waals surface area contributed by atoms with Gasteiger partial charge in [-0.15, -0.1) is 0 Å². The highest BCUT2D eigenvalue weighted by molar-refractivity contribution is 9.10. The number of nitrogens with one attached hydrogen (secondary N) is 1. The third-order valence-electron chi connectivity index (χ3n) is 2.40. The zero-order chi connectivity index (χ0) is 14.0. The topological polar surface area (TPSA) is 49.3 Å². The third-order valence-corrected chi connectivity index (χ3v) is 3.09. The van der Waals surface area contributed by atoms with Crippen LogP contribution in [0, 0.1) is 11.6 Å². The van der Waals surface area contributed by atoms with Crippen LogP contribution in [-0.2, 0) is 0 Å². The SMILES string of the molecule is O=C(Nc1cc(F)ccc1Br)c1c(O)cccc1F. The van der Waals surface area contributed by atoms with Gasteiger partial charge in [0.05, 0.1) is 5.69 Å². The Kier molecular flexibility index (Phi) is 3.80. The van der Waals surface area contributed by atoms with E-state index in [0.717, 1.165) is 12.1 Å². The number of hydrogen-bond donors (Lipinski definition) is 2. The maximum atomic E-state index is 13.5. The Balaban J connectivity index is 2.34. The number of aromatic hydroxyl groups is 1. The summed E-state index contributed by atoms with van der Waals surface area (Å²) in [5.41, 5.74) is -0.341. The minimum absolute atomic E-state index is 0.146. The summed E-state index contributed by atoms with van der Waals surface area (Å²) in [4.78, 5) is 11.9. The van der Waals surface area contributed by atoms with E-state index in [1.165, 1.54) is 24.3 Å². The van der Waals surface area contributed by atoms with Crippen LogP contribution >= 0.6 is 15.9 Å². The molecule has 2 aromatic rings. The molecule has 0 saturated carbocycles. The van der Waals surface area contributed by atoms with Crippen molar-refractivity contribution < 1.29 is 18.7 Å². The van der Waals surface area contributed by atoms with Crippen molar-refractivity contribution >= 4 is 27.5 Å². The molecule has 3 nitrogen and oxygen atoms in total. The van der Waals surface area contributed by atoms with Gasteiger partial charge in [-0.2, -0.15) is 0 Å². The number of carbonyl (C=O) groups excluding carboxylic acids is 1. The Hall–Kier alpha value is -1.95. The van der Waals surface area contributed by atoms with Crippen molar-refractivity contribution in [1.29, 1.82) is 0 Å². The van der Waals surface area contributed by atoms with E-state index in [0.29, 0.717) is 4.47 Å². The summed E-state index contributed by atoms with van der Waals surface area (Å²) < 4.78 is 27.0. The van der Waals surface area contributed by atoms with Crippen LogP contribution in [0.3, 0.4) is 0 Å². The van der Waals surface area contributed by atoms with Gasteiger partial charge in [0, 0.05) is 4.47 Å². The van der Waals surface area contributed by atoms with Gasteiger partial charge in [-0.05, 0) is 46.3 Å². The number of amides is 1. The molecule has 2 aromatic carbocycles. The summed E-state index contributed by atoms with van der Waals surface area (Å²) in [6.07, 6.45) is 0. The van der Waals surface area contributed by atoms with Crippen LogP contribution in [0.4, 0.5) is 14.5 Å². The maximum Gasteiger partial charge on any atom is 0.262 e. The number of halogens is 3. The number of anilines is 1. The van der Waals surface area contributed by atoms with E-state index < -0.39 is 28.9 Å². The first-order chi connectivity index (χ1) is 8.99. The lowest BCUT2D eigenvalue weighted by Crippen LogP contribution is -2.14. The molecule has 0 aliphatic heterocycles. The lowest BCUT2D eigenvalue weighted by Gasteiger charge is -2.09. The molecule has 0 aromatic heterocycles. The molecule has 0 heterocycles. The Labute approximate surface area is 116 Å². The molecule has 0 spiro atoms. The quantitative estimate of drug-likeness (QED) is 0.883. The molecule has 0 radical (unpaired) electrons. The number of benzene rings is 2. The Morgan fingerprint density at radius 1 is 1.21 bits per heavy atom. The normalized spacial score (nSPS) is 10.3. The molecular weight excluding hydrogens is 320 g/mol. The standard InChI is InChI=1S/C13H8BrF2NO2/c14-8-5-4-7(15)6-10(8)17-13(19)12-9(16)2-1-3-11(12)18/h1-6,18H,(H,17,19). The van der Waals surface area contributed by atoms with Gasteiger partial charge in [-0.3, -0.25) is 4.79 Å². The summed E-state index contributed by atoms with van der Waals surface area (Å²) in [5, 5.41) is 11.8. The number of rotatable bonds is 2. The molecule has 0 aliphatic rings. The predicted octanol–water partition coefficient (Wildman–Crippen LogP) is 3.69. The Morgan fingerprint density at radius 2 is 1.95 bits per heavy atom. The number of hydrogen-bond acceptors (Lipinski definition) is 2. The average molecular weight is 328 g/mol. The molecule has 0 fully saturated rings. The van der Waals surface area contributed by atoms with Crippen LogP contribution in [-0.4, -0.2) is 11.0 Å². The minimum atomic E-state index is -0.859. The molecule has 1 amide bonds. The van der Waals surface area contributed by atoms with Crippen LogP contribution in [0.5, 0.6) is 5.75 Å². The first-order valence-corrected chi connectivity index (χ1v) is 6.02. The van der Waals surface area contributed by atoms with E-state index in [-0.39, 0.29) is 5.69 Å². The molecule has 19 heavy (non-hydrogen) atoms. The summed E-state index contributed by atoms with van der Waals surface area (Å²) in [7, 11) is 0. The molecule has 98 valence electrons. The molecule has 0 saturated heterocycles. The zero-order valence-corrected chi connectivity index (χ0v) is 11.0. The highest BCUT2D eigenvalue weighted by Crippen LogP contribution is 2.26. The van der Waals surface area contributed by atoms with Crippen molar-refractivity contribution in [2.24, 2.45) is 0 Å². The van der Waals surface area contributed by atoms with Crippen molar-refractivity contribution in [3.05, 3.63) is 58.1 Å². The Morgan fingerprint density at radius 3 is 2.63 bits per heavy atom. The average Bonchev–Trinajstić information content (AvgIpc) is 2.33. The van der Waals surface area contributed by atoms with Gasteiger partial charge < -0.3 is 10.4 Å². The Bertz CT molecular complexity index is 626. The van der Waals surface area contributed by atoms with Gasteiger partial charge >= 0.3 is 0 Å². The highest BCUT2D eigenvalue weighted by Gasteiger charge is 2.17. The fourth-order valence-corrected chi connectivity index (χ4v) is 1.86. The molecule has 6 heteroatoms. The highest BCUT2D eigenvalue weighted by atomic mass is 79.9. The summed E-state index contributed by atoms with van der Waals surface area (Å²) in [6, 6.07) is 7.22. The molecular formula is C13H8BrF2NO2. The smallest absolute Gasteiger partial charge is 0.262 e. The summed E-state index contributed by atoms with van der Waals surface area (Å²) >= 11 is 3.13. The van der Waals surface area contributed by atoms with Gasteiger partial charge in [0.25, 0.3) is 5.91 Å². The van der Waals surface area contributed by atoms with E-state index >= 15 is 0 Å². The fraction of sp³-hybridized carbons (Fsp3) is 0. The van der Waals surface area contributed by atoms with Crippen molar-refractivity contribution in [2.45, 2.75) is 0 Å². The van der Waals surface area contributed by atoms with Gasteiger partial charge in [0.2, 0.25) is 0 Å². The molecule has 2 rings (SSSR count). The summed E-state index contributed by atoms with van der Waals surface area (Å²) in [5.74, 6) is -2.74. The fourth-order valence-electron chi connectivity index (χ4n) is 1.52. The second-order valence-electron chi connectivity index (χ2n) is 3.71. The monoisotopic (exact) mass is 327 g/mol. The second kappa shape index (κ2) is 5.36. The van der Waals surface area contributed by atoms with Crippen molar-refractivity contribution in [3.63, 3.8) is 0 Å². The van der Waals surface area contributed by atoms with E-state index in [9.17, 15) is 18.7 Å². The molecule has 2 N–H and O–H groups in total. The van der Waals surface area contributed by atoms with Crippen LogP contribution in [0.2, 0.25) is 0 Å². The number of phenols is 1. The number of carbonyl (C=O) groups is 1. The lowest BCUT2D eigenvalue weighted by molar-refractivity contribution is 0.102. The van der Waals surface area contributed by atoms with Gasteiger partial charge in [-0.25, -0.2) is 8.78 Å². The zero-order valence-electron chi connectivity index (χ0n) is 9.45. The van der Waals surface area contributed by atoms with E-state index in [4.69, 9.17) is 0 Å². The largest absolute Gasteiger partial charge is 0.507 e. The maximum absolute atomic E-state index is 13.5. The molecule has 0 aliphatic carbocycles. The summed E-state index contributed by atoms with van der Waals surface area (Å²) in [6.45, 7) is 0. The minimum Gasteiger partial charge on any atom is -0.507 e. The van der Waals surface area contributed by atoms with Gasteiger partial charge in [0.1, 0.15) is 22.9 Å². The molecule has 0 unspecified atom stereocenters. The van der Waals surface area contributed by atoms with E-state index in [2.05, 4.69) is 21.2 Å². The van der Waals surface area contributed by atoms with Crippen molar-refractivity contribution in [2.75, 3.05) is 5.32 Å². The molecule has 0 bridgehead atoms. The van der Waals surface area contributed by atoms with Crippen LogP contribution < -0.4 is 5.32 Å². The van der Waals surface area contributed by atoms with Gasteiger partial charge in [0.15, 0.2) is 0 Å². The van der Waals surface area contributed by atoms with Crippen LogP contribution in [0.1, 0.15) is 10.4 Å². The molecule has 0 atom stereocenters. The second-order valence-corrected chi connectivity index (χ2v) is 4.57. The van der Waals surface area contributed by atoms with Crippen molar-refractivity contribution in [3.8, 4) is 5.75 Å². The van der Waals surface area contributed by atoms with Gasteiger partial charge in [-0.1, -0.05) is 6.07 Å². The van der Waals surface area contributed by atoms with Crippen LogP contribution in [0.15, 0.2) is 40.9 Å². The van der Waals surface area contributed by atoms with E-state index in [1.54, 1.807) is 0 Å². The van der Waals surface area contributed by atoms with E-state index in [1.807, 2.05) is 0 Å². The van der Waals surface area contributed by atoms with Crippen molar-refractivity contribution in [1.82, 2.24) is 0 Å². The third kappa shape index (κ3) is 2.90. The predicted molar refractivity (Wildman–Crippen MR) is 70.1 cm³/mol. The first-order valence-electron chi connectivity index (χ1n) is 5.23. The first kappa shape index (κ1) is 13.5.